The van der Waals surface area contributed by atoms with Crippen molar-refractivity contribution in [1.29, 1.82) is 0 Å². The second-order valence-electron chi connectivity index (χ2n) is 4.49. The Labute approximate surface area is 117 Å². The van der Waals surface area contributed by atoms with Crippen LogP contribution in [0.5, 0.6) is 11.6 Å². The molecule has 3 N–H and O–H groups in total. The van der Waals surface area contributed by atoms with Gasteiger partial charge >= 0.3 is 0 Å². The number of carbonyl (C=O) groups is 1. The van der Waals surface area contributed by atoms with Crippen LogP contribution < -0.4 is 15.8 Å². The molecule has 1 amide bonds. The summed E-state index contributed by atoms with van der Waals surface area (Å²) < 4.78 is 5.69. The number of nitrogens with one attached hydrogen (secondary N) is 1. The highest BCUT2D eigenvalue weighted by Gasteiger charge is 2.05. The van der Waals surface area contributed by atoms with Crippen molar-refractivity contribution in [3.8, 4) is 11.6 Å². The molecule has 0 spiro atoms. The van der Waals surface area contributed by atoms with Crippen LogP contribution in [0.4, 0.5) is 0 Å². The summed E-state index contributed by atoms with van der Waals surface area (Å²) in [5.74, 6) is 0.714. The minimum Gasteiger partial charge on any atom is -0.439 e. The van der Waals surface area contributed by atoms with Crippen LogP contribution in [-0.4, -0.2) is 17.9 Å². The molecule has 5 heteroatoms. The number of nitrogens with two attached hydrogens (primary N) is 1. The van der Waals surface area contributed by atoms with E-state index >= 15 is 0 Å². The molecular formula is C15H17N3O2. The number of aryl methyl sites for hydroxylation is 1. The van der Waals surface area contributed by atoms with Crippen molar-refractivity contribution in [2.24, 2.45) is 5.73 Å². The summed E-state index contributed by atoms with van der Waals surface area (Å²) in [6.45, 7) is 2.71. The lowest BCUT2D eigenvalue weighted by molar-refractivity contribution is 0.100. The van der Waals surface area contributed by atoms with Crippen molar-refractivity contribution in [3.63, 3.8) is 0 Å². The Morgan fingerprint density at radius 3 is 2.60 bits per heavy atom. The van der Waals surface area contributed by atoms with E-state index < -0.39 is 5.91 Å². The maximum Gasteiger partial charge on any atom is 0.248 e. The maximum absolute atomic E-state index is 11.0. The molecule has 5 nitrogen and oxygen atoms in total. The standard InChI is InChI=1S/C15H17N3O2/c1-10-7-11(8-17-2)9-18-15(10)20-13-5-3-12(4-6-13)14(16)19/h3-7,9,17H,8H2,1-2H3,(H2,16,19). The third kappa shape index (κ3) is 3.33. The molecule has 0 aliphatic carbocycles. The number of hydrogen-bond donors (Lipinski definition) is 2. The van der Waals surface area contributed by atoms with Gasteiger partial charge in [0, 0.05) is 23.9 Å². The molecule has 2 aromatic rings. The Bertz CT molecular complexity index is 609. The Balaban J connectivity index is 2.15. The van der Waals surface area contributed by atoms with E-state index in [-0.39, 0.29) is 0 Å². The van der Waals surface area contributed by atoms with E-state index in [1.54, 1.807) is 30.5 Å². The smallest absolute Gasteiger partial charge is 0.248 e. The first-order valence-electron chi connectivity index (χ1n) is 6.28. The molecule has 0 fully saturated rings. The van der Waals surface area contributed by atoms with E-state index in [1.807, 2.05) is 20.0 Å². The number of amides is 1. The lowest BCUT2D eigenvalue weighted by atomic mass is 10.2. The van der Waals surface area contributed by atoms with Crippen molar-refractivity contribution in [2.45, 2.75) is 13.5 Å². The largest absolute Gasteiger partial charge is 0.439 e. The first-order valence-corrected chi connectivity index (χ1v) is 6.28. The molecule has 0 bridgehead atoms. The number of benzene rings is 1. The predicted octanol–water partition coefficient (Wildman–Crippen LogP) is 2.00. The summed E-state index contributed by atoms with van der Waals surface area (Å²) in [4.78, 5) is 15.3. The van der Waals surface area contributed by atoms with Gasteiger partial charge in [-0.3, -0.25) is 4.79 Å². The molecule has 104 valence electrons. The van der Waals surface area contributed by atoms with Gasteiger partial charge in [0.25, 0.3) is 0 Å². The van der Waals surface area contributed by atoms with Gasteiger partial charge in [0.15, 0.2) is 0 Å². The minimum absolute atomic E-state index is 0.450. The molecule has 20 heavy (non-hydrogen) atoms. The van der Waals surface area contributed by atoms with E-state index in [4.69, 9.17) is 10.5 Å². The first kappa shape index (κ1) is 14.0. The Morgan fingerprint density at radius 1 is 1.35 bits per heavy atom. The van der Waals surface area contributed by atoms with Gasteiger partial charge in [0.1, 0.15) is 5.75 Å². The average Bonchev–Trinajstić information content (AvgIpc) is 2.43. The molecular weight excluding hydrogens is 254 g/mol. The Morgan fingerprint density at radius 2 is 2.05 bits per heavy atom. The van der Waals surface area contributed by atoms with Gasteiger partial charge in [-0.15, -0.1) is 0 Å². The molecule has 1 heterocycles. The molecule has 0 aliphatic rings. The number of nitrogens with zero attached hydrogens (tertiary/aromatic N) is 1. The first-order chi connectivity index (χ1) is 9.60. The number of rotatable bonds is 5. The van der Waals surface area contributed by atoms with Crippen LogP contribution in [-0.2, 0) is 6.54 Å². The third-order valence-corrected chi connectivity index (χ3v) is 2.82. The second-order valence-corrected chi connectivity index (χ2v) is 4.49. The summed E-state index contributed by atoms with van der Waals surface area (Å²) in [5.41, 5.74) is 7.69. The molecule has 0 atom stereocenters. The fourth-order valence-corrected chi connectivity index (χ4v) is 1.83. The summed E-state index contributed by atoms with van der Waals surface area (Å²) in [6.07, 6.45) is 1.77. The zero-order valence-corrected chi connectivity index (χ0v) is 11.5. The van der Waals surface area contributed by atoms with Crippen LogP contribution in [0.2, 0.25) is 0 Å². The molecule has 2 rings (SSSR count). The number of pyridine rings is 1. The van der Waals surface area contributed by atoms with E-state index in [1.165, 1.54) is 0 Å². The van der Waals surface area contributed by atoms with Gasteiger partial charge in [0.05, 0.1) is 0 Å². The average molecular weight is 271 g/mol. The summed E-state index contributed by atoms with van der Waals surface area (Å²) in [7, 11) is 1.89. The van der Waals surface area contributed by atoms with Crippen LogP contribution in [0.1, 0.15) is 21.5 Å². The van der Waals surface area contributed by atoms with Crippen molar-refractivity contribution in [2.75, 3.05) is 7.05 Å². The molecule has 1 aromatic heterocycles. The SMILES string of the molecule is CNCc1cnc(Oc2ccc(C(N)=O)cc2)c(C)c1. The molecule has 0 unspecified atom stereocenters. The van der Waals surface area contributed by atoms with Crippen molar-refractivity contribution in [3.05, 3.63) is 53.2 Å². The zero-order valence-electron chi connectivity index (χ0n) is 11.5. The molecule has 0 saturated carbocycles. The maximum atomic E-state index is 11.0. The van der Waals surface area contributed by atoms with Crippen molar-refractivity contribution >= 4 is 5.91 Å². The number of ether oxygens (including phenoxy) is 1. The van der Waals surface area contributed by atoms with E-state index in [0.717, 1.165) is 17.7 Å². The monoisotopic (exact) mass is 271 g/mol. The van der Waals surface area contributed by atoms with E-state index in [2.05, 4.69) is 10.3 Å². The number of hydrogen-bond acceptors (Lipinski definition) is 4. The molecule has 0 saturated heterocycles. The van der Waals surface area contributed by atoms with Crippen LogP contribution in [0.15, 0.2) is 36.5 Å². The van der Waals surface area contributed by atoms with Gasteiger partial charge in [-0.1, -0.05) is 0 Å². The number of primary amides is 1. The summed E-state index contributed by atoms with van der Waals surface area (Å²) in [5, 5.41) is 3.07. The van der Waals surface area contributed by atoms with Gasteiger partial charge in [-0.2, -0.15) is 0 Å². The zero-order chi connectivity index (χ0) is 14.5. The molecule has 0 aliphatic heterocycles. The highest BCUT2D eigenvalue weighted by atomic mass is 16.5. The Kier molecular flexibility index (Phi) is 4.32. The fraction of sp³-hybridized carbons (Fsp3) is 0.200. The van der Waals surface area contributed by atoms with Gasteiger partial charge in [-0.05, 0) is 49.9 Å². The van der Waals surface area contributed by atoms with Gasteiger partial charge < -0.3 is 15.8 Å². The lowest BCUT2D eigenvalue weighted by Crippen LogP contribution is -2.10. The summed E-state index contributed by atoms with van der Waals surface area (Å²) in [6, 6.07) is 8.67. The number of aromatic nitrogens is 1. The van der Waals surface area contributed by atoms with Crippen LogP contribution in [0.3, 0.4) is 0 Å². The summed E-state index contributed by atoms with van der Waals surface area (Å²) >= 11 is 0. The van der Waals surface area contributed by atoms with Gasteiger partial charge in [-0.25, -0.2) is 4.98 Å². The molecule has 0 radical (unpaired) electrons. The topological polar surface area (TPSA) is 77.2 Å². The predicted molar refractivity (Wildman–Crippen MR) is 76.8 cm³/mol. The second kappa shape index (κ2) is 6.16. The molecule has 1 aromatic carbocycles. The van der Waals surface area contributed by atoms with Crippen molar-refractivity contribution < 1.29 is 9.53 Å². The Hall–Kier alpha value is -2.40. The fourth-order valence-electron chi connectivity index (χ4n) is 1.83. The minimum atomic E-state index is -0.456. The van der Waals surface area contributed by atoms with Crippen LogP contribution in [0.25, 0.3) is 0 Å². The highest BCUT2D eigenvalue weighted by Crippen LogP contribution is 2.23. The van der Waals surface area contributed by atoms with Crippen molar-refractivity contribution in [1.82, 2.24) is 10.3 Å². The van der Waals surface area contributed by atoms with Crippen LogP contribution in [0, 0.1) is 6.92 Å². The van der Waals surface area contributed by atoms with E-state index in [0.29, 0.717) is 17.2 Å². The third-order valence-electron chi connectivity index (χ3n) is 2.82. The van der Waals surface area contributed by atoms with E-state index in [9.17, 15) is 4.79 Å². The van der Waals surface area contributed by atoms with Crippen LogP contribution >= 0.6 is 0 Å². The lowest BCUT2D eigenvalue weighted by Gasteiger charge is -2.09. The highest BCUT2D eigenvalue weighted by molar-refractivity contribution is 5.92. The normalized spacial score (nSPS) is 10.3. The quantitative estimate of drug-likeness (QED) is 0.872. The number of carbonyl (C=O) groups excluding carboxylic acids is 1. The van der Waals surface area contributed by atoms with Gasteiger partial charge in [0.2, 0.25) is 11.8 Å².